The van der Waals surface area contributed by atoms with Gasteiger partial charge in [0.05, 0.1) is 0 Å². The normalized spacial score (nSPS) is 12.9. The van der Waals surface area contributed by atoms with Crippen molar-refractivity contribution in [3.8, 4) is 0 Å². The molecule has 2 aromatic rings. The van der Waals surface area contributed by atoms with E-state index in [1.807, 2.05) is 43.4 Å². The first kappa shape index (κ1) is 20.2. The number of fused-ring (bicyclic) bond motifs is 1. The second-order valence-electron chi connectivity index (χ2n) is 6.48. The van der Waals surface area contributed by atoms with Gasteiger partial charge in [0.25, 0.3) is 0 Å². The van der Waals surface area contributed by atoms with Crippen molar-refractivity contribution in [3.05, 3.63) is 120 Å². The van der Waals surface area contributed by atoms with Crippen molar-refractivity contribution in [2.24, 2.45) is 0 Å². The second-order valence-corrected chi connectivity index (χ2v) is 6.48. The summed E-state index contributed by atoms with van der Waals surface area (Å²) in [6, 6.07) is 10.8. The standard InChI is InChI=1S/C27H28/c1-7-10-14-23(9-3)20(4)18-21(5)27-19-24-15-12-13-17-26(24)25(22(27)6)16-11-8-2/h7-19H,2-4H2,1,5-6H3/b10-7-,16-11-,21-18+,23-14+. The third-order valence-electron chi connectivity index (χ3n) is 4.63. The molecule has 0 aliphatic heterocycles. The van der Waals surface area contributed by atoms with Crippen LogP contribution in [-0.4, -0.2) is 0 Å². The topological polar surface area (TPSA) is 0 Å². The van der Waals surface area contributed by atoms with Gasteiger partial charge in [0, 0.05) is 0 Å². The highest BCUT2D eigenvalue weighted by Crippen LogP contribution is 2.31. The molecule has 0 aliphatic rings. The van der Waals surface area contributed by atoms with Crippen molar-refractivity contribution in [2.75, 3.05) is 0 Å². The highest BCUT2D eigenvalue weighted by Gasteiger charge is 2.10. The predicted molar refractivity (Wildman–Crippen MR) is 124 cm³/mol. The summed E-state index contributed by atoms with van der Waals surface area (Å²) < 4.78 is 0. The van der Waals surface area contributed by atoms with Gasteiger partial charge >= 0.3 is 0 Å². The van der Waals surface area contributed by atoms with Crippen LogP contribution in [0.3, 0.4) is 0 Å². The van der Waals surface area contributed by atoms with Gasteiger partial charge in [0.2, 0.25) is 0 Å². The van der Waals surface area contributed by atoms with E-state index in [0.717, 1.165) is 11.1 Å². The molecule has 0 N–H and O–H groups in total. The molecule has 0 fully saturated rings. The minimum atomic E-state index is 0.955. The molecule has 0 heteroatoms. The molecule has 2 aromatic carbocycles. The number of benzene rings is 2. The van der Waals surface area contributed by atoms with Gasteiger partial charge in [-0.25, -0.2) is 0 Å². The largest absolute Gasteiger partial charge is 0.0991 e. The first-order valence-electron chi connectivity index (χ1n) is 9.18. The van der Waals surface area contributed by atoms with Gasteiger partial charge in [-0.2, -0.15) is 0 Å². The summed E-state index contributed by atoms with van der Waals surface area (Å²) in [5.74, 6) is 0. The van der Waals surface area contributed by atoms with Gasteiger partial charge in [0.15, 0.2) is 0 Å². The maximum atomic E-state index is 4.23. The quantitative estimate of drug-likeness (QED) is 0.443. The predicted octanol–water partition coefficient (Wildman–Crippen LogP) is 8.00. The fourth-order valence-corrected chi connectivity index (χ4v) is 3.20. The molecule has 136 valence electrons. The Hall–Kier alpha value is -3.12. The van der Waals surface area contributed by atoms with Crippen LogP contribution in [0.25, 0.3) is 22.4 Å². The van der Waals surface area contributed by atoms with E-state index in [9.17, 15) is 0 Å². The third-order valence-corrected chi connectivity index (χ3v) is 4.63. The van der Waals surface area contributed by atoms with Crippen LogP contribution in [0.4, 0.5) is 0 Å². The molecule has 0 bridgehead atoms. The number of allylic oxidation sites excluding steroid dienone is 10. The van der Waals surface area contributed by atoms with Crippen LogP contribution in [0.1, 0.15) is 30.5 Å². The summed E-state index contributed by atoms with van der Waals surface area (Å²) in [5, 5.41) is 2.48. The van der Waals surface area contributed by atoms with Crippen molar-refractivity contribution in [1.29, 1.82) is 0 Å². The Balaban J connectivity index is 2.62. The smallest absolute Gasteiger partial charge is 0.0108 e. The Morgan fingerprint density at radius 1 is 1.07 bits per heavy atom. The van der Waals surface area contributed by atoms with Crippen LogP contribution in [0, 0.1) is 6.92 Å². The fourth-order valence-electron chi connectivity index (χ4n) is 3.20. The summed E-state index contributed by atoms with van der Waals surface area (Å²) in [5.41, 5.74) is 6.88. The fraction of sp³-hybridized carbons (Fsp3) is 0.111. The van der Waals surface area contributed by atoms with E-state index in [1.165, 1.54) is 33.0 Å². The van der Waals surface area contributed by atoms with E-state index >= 15 is 0 Å². The Bertz CT molecular complexity index is 988. The highest BCUT2D eigenvalue weighted by atomic mass is 14.1. The Morgan fingerprint density at radius 2 is 1.81 bits per heavy atom. The van der Waals surface area contributed by atoms with Gasteiger partial charge < -0.3 is 0 Å². The average Bonchev–Trinajstić information content (AvgIpc) is 2.67. The van der Waals surface area contributed by atoms with Crippen LogP contribution in [0.15, 0.2) is 104 Å². The van der Waals surface area contributed by atoms with Gasteiger partial charge in [-0.05, 0) is 71.0 Å². The Morgan fingerprint density at radius 3 is 2.48 bits per heavy atom. The molecule has 0 radical (unpaired) electrons. The summed E-state index contributed by atoms with van der Waals surface area (Å²) >= 11 is 0. The van der Waals surface area contributed by atoms with E-state index in [4.69, 9.17) is 0 Å². The monoisotopic (exact) mass is 352 g/mol. The molecule has 0 aromatic heterocycles. The molecule has 27 heavy (non-hydrogen) atoms. The van der Waals surface area contributed by atoms with Crippen LogP contribution in [0.2, 0.25) is 0 Å². The molecule has 0 heterocycles. The lowest BCUT2D eigenvalue weighted by atomic mass is 9.90. The lowest BCUT2D eigenvalue weighted by molar-refractivity contribution is 1.41. The molecule has 0 amide bonds. The molecule has 0 saturated heterocycles. The maximum Gasteiger partial charge on any atom is -0.0108 e. The van der Waals surface area contributed by atoms with Crippen molar-refractivity contribution >= 4 is 22.4 Å². The van der Waals surface area contributed by atoms with Crippen molar-refractivity contribution in [2.45, 2.75) is 20.8 Å². The summed E-state index contributed by atoms with van der Waals surface area (Å²) in [4.78, 5) is 0. The molecule has 0 aliphatic carbocycles. The zero-order chi connectivity index (χ0) is 19.8. The van der Waals surface area contributed by atoms with Gasteiger partial charge in [-0.3, -0.25) is 0 Å². The van der Waals surface area contributed by atoms with Crippen LogP contribution in [-0.2, 0) is 0 Å². The number of hydrogen-bond donors (Lipinski definition) is 0. The first-order chi connectivity index (χ1) is 13.0. The average molecular weight is 353 g/mol. The minimum absolute atomic E-state index is 0.955. The molecule has 0 spiro atoms. The number of rotatable bonds is 7. The number of hydrogen-bond acceptors (Lipinski definition) is 0. The molecular formula is C27H28. The van der Waals surface area contributed by atoms with Crippen molar-refractivity contribution in [3.63, 3.8) is 0 Å². The van der Waals surface area contributed by atoms with Crippen LogP contribution in [0.5, 0.6) is 0 Å². The molecule has 0 atom stereocenters. The molecule has 0 unspecified atom stereocenters. The summed E-state index contributed by atoms with van der Waals surface area (Å²) in [6.07, 6.45) is 16.0. The zero-order valence-electron chi connectivity index (χ0n) is 16.6. The lowest BCUT2D eigenvalue weighted by Crippen LogP contribution is -1.93. The minimum Gasteiger partial charge on any atom is -0.0991 e. The van der Waals surface area contributed by atoms with Crippen LogP contribution >= 0.6 is 0 Å². The van der Waals surface area contributed by atoms with E-state index in [-0.39, 0.29) is 0 Å². The summed E-state index contributed by atoms with van der Waals surface area (Å²) in [7, 11) is 0. The van der Waals surface area contributed by atoms with Crippen molar-refractivity contribution < 1.29 is 0 Å². The van der Waals surface area contributed by atoms with Crippen molar-refractivity contribution in [1.82, 2.24) is 0 Å². The maximum absolute atomic E-state index is 4.23. The van der Waals surface area contributed by atoms with E-state index in [0.29, 0.717) is 0 Å². The first-order valence-corrected chi connectivity index (χ1v) is 9.18. The van der Waals surface area contributed by atoms with E-state index in [1.54, 1.807) is 0 Å². The molecule has 0 saturated carbocycles. The second kappa shape index (κ2) is 9.54. The highest BCUT2D eigenvalue weighted by molar-refractivity contribution is 5.95. The SMILES string of the molecule is C=C/C=C\c1c(C)c(/C(C)=C/C(=C)/C(C=C)=C/C=C\C)cc2ccccc12. The summed E-state index contributed by atoms with van der Waals surface area (Å²) in [6.45, 7) is 18.3. The molecule has 0 nitrogen and oxygen atoms in total. The van der Waals surface area contributed by atoms with E-state index < -0.39 is 0 Å². The van der Waals surface area contributed by atoms with Gasteiger partial charge in [0.1, 0.15) is 0 Å². The molecular weight excluding hydrogens is 324 g/mol. The Labute approximate surface area is 163 Å². The van der Waals surface area contributed by atoms with E-state index in [2.05, 4.69) is 76.1 Å². The lowest BCUT2D eigenvalue weighted by Gasteiger charge is -2.14. The Kier molecular flexibility index (Phi) is 7.14. The van der Waals surface area contributed by atoms with Gasteiger partial charge in [-0.1, -0.05) is 92.6 Å². The van der Waals surface area contributed by atoms with Gasteiger partial charge in [-0.15, -0.1) is 0 Å². The zero-order valence-corrected chi connectivity index (χ0v) is 16.6. The third kappa shape index (κ3) is 4.74. The molecule has 2 rings (SSSR count). The van der Waals surface area contributed by atoms with Crippen LogP contribution < -0.4 is 0 Å².